The fourth-order valence-corrected chi connectivity index (χ4v) is 6.39. The van der Waals surface area contributed by atoms with E-state index in [0.717, 1.165) is 0 Å². The number of anilines is 1. The molecule has 0 radical (unpaired) electrons. The third-order valence-electron chi connectivity index (χ3n) is 3.29. The van der Waals surface area contributed by atoms with Crippen LogP contribution in [0.4, 0.5) is 5.69 Å². The third kappa shape index (κ3) is 3.70. The van der Waals surface area contributed by atoms with Crippen LogP contribution in [0.1, 0.15) is 12.8 Å². The minimum Gasteiger partial charge on any atom is -0.398 e. The molecule has 0 aromatic heterocycles. The molecule has 1 heterocycles. The summed E-state index contributed by atoms with van der Waals surface area (Å²) in [6.07, 6.45) is 1.02. The van der Waals surface area contributed by atoms with Crippen molar-refractivity contribution < 1.29 is 16.8 Å². The van der Waals surface area contributed by atoms with Gasteiger partial charge in [-0.25, -0.2) is 21.6 Å². The van der Waals surface area contributed by atoms with E-state index in [-0.39, 0.29) is 32.4 Å². The number of sulfone groups is 1. The number of sulfonamides is 1. The van der Waals surface area contributed by atoms with E-state index in [9.17, 15) is 16.8 Å². The highest BCUT2D eigenvalue weighted by atomic mass is 79.9. The van der Waals surface area contributed by atoms with Gasteiger partial charge in [-0.15, -0.1) is 0 Å². The molecule has 0 saturated carbocycles. The molecule has 1 fully saturated rings. The lowest BCUT2D eigenvalue weighted by molar-refractivity contribution is 0.570. The van der Waals surface area contributed by atoms with E-state index in [1.807, 2.05) is 0 Å². The van der Waals surface area contributed by atoms with Crippen LogP contribution in [0.25, 0.3) is 0 Å². The van der Waals surface area contributed by atoms with E-state index in [1.54, 1.807) is 0 Å². The normalized spacial score (nSPS) is 21.5. The van der Waals surface area contributed by atoms with Crippen LogP contribution in [-0.4, -0.2) is 34.4 Å². The van der Waals surface area contributed by atoms with Gasteiger partial charge < -0.3 is 5.73 Å². The summed E-state index contributed by atoms with van der Waals surface area (Å²) >= 11 is 8.92. The maximum Gasteiger partial charge on any atom is 0.241 e. The fraction of sp³-hybridized carbons (Fsp3) is 0.455. The fourth-order valence-electron chi connectivity index (χ4n) is 2.15. The van der Waals surface area contributed by atoms with E-state index in [0.29, 0.717) is 12.8 Å². The number of nitrogen functional groups attached to an aromatic ring is 1. The van der Waals surface area contributed by atoms with Crippen molar-refractivity contribution in [3.8, 4) is 0 Å². The van der Waals surface area contributed by atoms with Crippen LogP contribution in [0.5, 0.6) is 0 Å². The minimum absolute atomic E-state index is 0.104. The Kier molecular flexibility index (Phi) is 4.89. The molecule has 118 valence electrons. The number of benzene rings is 1. The number of nitrogens with two attached hydrogens (primary N) is 1. The lowest BCUT2D eigenvalue weighted by Gasteiger charge is -2.13. The Morgan fingerprint density at radius 3 is 2.67 bits per heavy atom. The van der Waals surface area contributed by atoms with Crippen molar-refractivity contribution in [1.29, 1.82) is 0 Å². The van der Waals surface area contributed by atoms with Crippen LogP contribution in [0, 0.1) is 0 Å². The Labute approximate surface area is 137 Å². The van der Waals surface area contributed by atoms with Crippen molar-refractivity contribution in [2.75, 3.05) is 18.0 Å². The molecule has 1 aromatic rings. The summed E-state index contributed by atoms with van der Waals surface area (Å²) in [5, 5.41) is -0.493. The minimum atomic E-state index is -3.90. The SMILES string of the molecule is Nc1cc(Cl)cc(S(=O)(=O)NCC2CCCS2(=O)=O)c1Br. The predicted octanol–water partition coefficient (Wildman–Crippen LogP) is 1.54. The summed E-state index contributed by atoms with van der Waals surface area (Å²) in [5.41, 5.74) is 5.85. The first-order valence-electron chi connectivity index (χ1n) is 6.09. The van der Waals surface area contributed by atoms with Gasteiger partial charge >= 0.3 is 0 Å². The molecule has 2 rings (SSSR count). The zero-order valence-corrected chi connectivity index (χ0v) is 14.8. The molecule has 21 heavy (non-hydrogen) atoms. The summed E-state index contributed by atoms with van der Waals surface area (Å²) in [6, 6.07) is 2.68. The topological polar surface area (TPSA) is 106 Å². The second kappa shape index (κ2) is 6.04. The third-order valence-corrected chi connectivity index (χ3v) is 8.37. The number of nitrogens with one attached hydrogen (secondary N) is 1. The standard InChI is InChI=1S/C11H14BrClN2O4S2/c12-11-9(14)4-7(13)5-10(11)21(18,19)15-6-8-2-1-3-20(8,16)17/h4-5,8,15H,1-3,6,14H2. The van der Waals surface area contributed by atoms with Crippen LogP contribution >= 0.6 is 27.5 Å². The predicted molar refractivity (Wildman–Crippen MR) is 85.6 cm³/mol. The first-order chi connectivity index (χ1) is 9.63. The van der Waals surface area contributed by atoms with Crippen LogP contribution in [0.3, 0.4) is 0 Å². The zero-order valence-electron chi connectivity index (χ0n) is 10.8. The van der Waals surface area contributed by atoms with Gasteiger partial charge in [-0.05, 0) is 40.9 Å². The molecule has 1 aromatic carbocycles. The van der Waals surface area contributed by atoms with E-state index in [1.165, 1.54) is 12.1 Å². The molecule has 0 bridgehead atoms. The summed E-state index contributed by atoms with van der Waals surface area (Å²) in [5.74, 6) is 0.104. The summed E-state index contributed by atoms with van der Waals surface area (Å²) in [4.78, 5) is -0.108. The molecule has 1 aliphatic rings. The highest BCUT2D eigenvalue weighted by molar-refractivity contribution is 9.10. The molecule has 10 heteroatoms. The molecular formula is C11H14BrClN2O4S2. The van der Waals surface area contributed by atoms with Crippen molar-refractivity contribution in [3.05, 3.63) is 21.6 Å². The summed E-state index contributed by atoms with van der Waals surface area (Å²) < 4.78 is 50.5. The van der Waals surface area contributed by atoms with Crippen LogP contribution in [0.2, 0.25) is 5.02 Å². The Balaban J connectivity index is 2.24. The van der Waals surface area contributed by atoms with Gasteiger partial charge in [0.1, 0.15) is 0 Å². The summed E-state index contributed by atoms with van der Waals surface area (Å²) in [7, 11) is -7.11. The molecule has 0 amide bonds. The van der Waals surface area contributed by atoms with Crippen molar-refractivity contribution in [3.63, 3.8) is 0 Å². The molecule has 1 atom stereocenters. The van der Waals surface area contributed by atoms with Crippen LogP contribution in [0.15, 0.2) is 21.5 Å². The maximum absolute atomic E-state index is 12.3. The maximum atomic E-state index is 12.3. The molecule has 0 aliphatic carbocycles. The summed E-state index contributed by atoms with van der Waals surface area (Å²) in [6.45, 7) is -0.149. The average Bonchev–Trinajstić information content (AvgIpc) is 2.70. The highest BCUT2D eigenvalue weighted by Crippen LogP contribution is 2.31. The monoisotopic (exact) mass is 416 g/mol. The molecule has 1 unspecified atom stereocenters. The number of halogens is 2. The lowest BCUT2D eigenvalue weighted by atomic mass is 10.2. The molecule has 0 spiro atoms. The Morgan fingerprint density at radius 2 is 2.10 bits per heavy atom. The van der Waals surface area contributed by atoms with Gasteiger partial charge in [0, 0.05) is 17.3 Å². The molecule has 1 saturated heterocycles. The van der Waals surface area contributed by atoms with Crippen LogP contribution < -0.4 is 10.5 Å². The van der Waals surface area contributed by atoms with Gasteiger partial charge in [0.15, 0.2) is 9.84 Å². The first kappa shape index (κ1) is 17.0. The Morgan fingerprint density at radius 1 is 1.43 bits per heavy atom. The van der Waals surface area contributed by atoms with Crippen molar-refractivity contribution in [2.45, 2.75) is 23.0 Å². The molecule has 6 nitrogen and oxygen atoms in total. The quantitative estimate of drug-likeness (QED) is 0.723. The highest BCUT2D eigenvalue weighted by Gasteiger charge is 2.32. The smallest absolute Gasteiger partial charge is 0.241 e. The first-order valence-corrected chi connectivity index (χ1v) is 10.5. The second-order valence-electron chi connectivity index (χ2n) is 4.79. The van der Waals surface area contributed by atoms with E-state index in [4.69, 9.17) is 17.3 Å². The number of rotatable bonds is 4. The van der Waals surface area contributed by atoms with Gasteiger partial charge in [0.25, 0.3) is 0 Å². The Bertz CT molecular complexity index is 765. The van der Waals surface area contributed by atoms with Crippen LogP contribution in [-0.2, 0) is 19.9 Å². The number of hydrogen-bond acceptors (Lipinski definition) is 5. The van der Waals surface area contributed by atoms with Gasteiger partial charge in [0.05, 0.1) is 20.4 Å². The van der Waals surface area contributed by atoms with Crippen molar-refractivity contribution >= 4 is 53.1 Å². The largest absolute Gasteiger partial charge is 0.398 e. The van der Waals surface area contributed by atoms with E-state index >= 15 is 0 Å². The van der Waals surface area contributed by atoms with Crippen molar-refractivity contribution in [2.24, 2.45) is 0 Å². The van der Waals surface area contributed by atoms with Gasteiger partial charge in [-0.3, -0.25) is 0 Å². The van der Waals surface area contributed by atoms with E-state index < -0.39 is 25.1 Å². The van der Waals surface area contributed by atoms with Gasteiger partial charge in [0.2, 0.25) is 10.0 Å². The van der Waals surface area contributed by atoms with Gasteiger partial charge in [-0.2, -0.15) is 0 Å². The average molecular weight is 418 g/mol. The molecular weight excluding hydrogens is 404 g/mol. The number of hydrogen-bond donors (Lipinski definition) is 2. The van der Waals surface area contributed by atoms with Gasteiger partial charge in [-0.1, -0.05) is 11.6 Å². The lowest BCUT2D eigenvalue weighted by Crippen LogP contribution is -2.34. The van der Waals surface area contributed by atoms with E-state index in [2.05, 4.69) is 20.7 Å². The van der Waals surface area contributed by atoms with Crippen molar-refractivity contribution in [1.82, 2.24) is 4.72 Å². The molecule has 3 N–H and O–H groups in total. The molecule has 1 aliphatic heterocycles. The Hall–Kier alpha value is -0.350. The second-order valence-corrected chi connectivity index (χ2v) is 10.2. The zero-order chi connectivity index (χ0) is 15.8.